The molecule has 0 aliphatic carbocycles. The van der Waals surface area contributed by atoms with Crippen LogP contribution in [0.4, 0.5) is 105 Å². The van der Waals surface area contributed by atoms with Gasteiger partial charge in [-0.1, -0.05) is 48.5 Å². The fourth-order valence-corrected chi connectivity index (χ4v) is 8.63. The maximum absolute atomic E-state index is 14.2. The second kappa shape index (κ2) is 18.1. The Bertz CT molecular complexity index is 2230. The van der Waals surface area contributed by atoms with Gasteiger partial charge in [0.05, 0.1) is 57.0 Å². The first-order valence-electron chi connectivity index (χ1n) is 17.8. The van der Waals surface area contributed by atoms with Gasteiger partial charge in [-0.25, -0.2) is 0 Å². The van der Waals surface area contributed by atoms with Gasteiger partial charge in [-0.15, -0.1) is 0 Å². The molecule has 0 saturated heterocycles. The zero-order valence-electron chi connectivity index (χ0n) is 32.2. The second-order valence-electron chi connectivity index (χ2n) is 14.2. The van der Waals surface area contributed by atoms with Crippen molar-refractivity contribution in [2.45, 2.75) is 49.4 Å². The lowest BCUT2D eigenvalue weighted by molar-refractivity contribution is -0.636. The smallest absolute Gasteiger partial charge is 0.427 e. The van der Waals surface area contributed by atoms with Crippen molar-refractivity contribution in [3.8, 4) is 0 Å². The molecule has 2 aromatic heterocycles. The van der Waals surface area contributed by atoms with E-state index in [9.17, 15) is 105 Å². The van der Waals surface area contributed by atoms with Crippen molar-refractivity contribution in [1.29, 1.82) is 0 Å². The van der Waals surface area contributed by atoms with Crippen LogP contribution in [0.5, 0.6) is 0 Å². The van der Waals surface area contributed by atoms with Gasteiger partial charge in [-0.3, -0.25) is 0 Å². The SMILES string of the molecule is FC(F)(F)c1cc([B-](c2cc(C(F)(F)F)cc(C(F)(F)F)c2)(c2cc(C(F)(F)F)cc(C(F)(F)F)c2)c2cc(C(F)(F)F)cc(C(F)(F)F)c2)cc(C(F)(F)F)c1.c1coc([I+]c2ccco2)c1. The number of halogens is 25. The summed E-state index contributed by atoms with van der Waals surface area (Å²) in [4.78, 5) is 0. The monoisotopic (exact) mass is 1120 g/mol. The molecule has 2 heterocycles. The number of hydrogen-bond donors (Lipinski definition) is 0. The van der Waals surface area contributed by atoms with E-state index < -0.39 is 195 Å². The van der Waals surface area contributed by atoms with E-state index in [4.69, 9.17) is 8.83 Å². The van der Waals surface area contributed by atoms with Crippen molar-refractivity contribution in [3.63, 3.8) is 0 Å². The molecule has 0 bridgehead atoms. The van der Waals surface area contributed by atoms with Gasteiger partial charge in [-0.05, 0) is 36.4 Å². The van der Waals surface area contributed by atoms with Crippen molar-refractivity contribution >= 4 is 28.0 Å². The molecule has 2 nitrogen and oxygen atoms in total. The van der Waals surface area contributed by atoms with Gasteiger partial charge in [0.1, 0.15) is 6.15 Å². The van der Waals surface area contributed by atoms with Crippen molar-refractivity contribution in [2.24, 2.45) is 0 Å². The van der Waals surface area contributed by atoms with E-state index in [2.05, 4.69) is 0 Å². The highest BCUT2D eigenvalue weighted by Crippen LogP contribution is 2.41. The normalized spacial score (nSPS) is 13.6. The molecule has 68 heavy (non-hydrogen) atoms. The van der Waals surface area contributed by atoms with E-state index in [1.165, 1.54) is 0 Å². The molecule has 28 heteroatoms. The third-order valence-electron chi connectivity index (χ3n) is 9.60. The van der Waals surface area contributed by atoms with E-state index in [0.29, 0.717) is 0 Å². The van der Waals surface area contributed by atoms with Gasteiger partial charge < -0.3 is 8.83 Å². The van der Waals surface area contributed by atoms with Crippen LogP contribution in [0.15, 0.2) is 118 Å². The third kappa shape index (κ3) is 12.2. The largest absolute Gasteiger partial charge is 0.442 e. The first-order valence-corrected chi connectivity index (χ1v) is 19.9. The predicted octanol–water partition coefficient (Wildman–Crippen LogP) is 10.2. The average Bonchev–Trinajstić information content (AvgIpc) is 3.91. The molecular weight excluding hydrogens is 1110 g/mol. The fraction of sp³-hybridized carbons (Fsp3) is 0.200. The lowest BCUT2D eigenvalue weighted by Crippen LogP contribution is -3.61. The highest BCUT2D eigenvalue weighted by Gasteiger charge is 2.47. The number of alkyl halides is 24. The lowest BCUT2D eigenvalue weighted by atomic mass is 9.12. The first-order chi connectivity index (χ1) is 30.7. The Kier molecular flexibility index (Phi) is 14.3. The maximum Gasteiger partial charge on any atom is 0.442 e. The molecule has 0 N–H and O–H groups in total. The molecule has 368 valence electrons. The number of benzene rings is 4. The van der Waals surface area contributed by atoms with Gasteiger partial charge in [0, 0.05) is 12.1 Å². The summed E-state index contributed by atoms with van der Waals surface area (Å²) in [5.41, 5.74) is -30.2. The average molecular weight is 1120 g/mol. The summed E-state index contributed by atoms with van der Waals surface area (Å²) in [7, 11) is 0. The quantitative estimate of drug-likeness (QED) is 0.0944. The Morgan fingerprint density at radius 3 is 0.588 bits per heavy atom. The Morgan fingerprint density at radius 2 is 0.456 bits per heavy atom. The highest BCUT2D eigenvalue weighted by molar-refractivity contribution is 7.20. The molecule has 4 aromatic carbocycles. The van der Waals surface area contributed by atoms with Gasteiger partial charge in [0.25, 0.3) is 0 Å². The predicted molar refractivity (Wildman–Crippen MR) is 185 cm³/mol. The summed E-state index contributed by atoms with van der Waals surface area (Å²) in [5.74, 6) is 0. The van der Waals surface area contributed by atoms with E-state index in [-0.39, 0.29) is 21.2 Å². The molecule has 6 aromatic rings. The molecule has 0 radical (unpaired) electrons. The van der Waals surface area contributed by atoms with Crippen LogP contribution < -0.4 is 43.1 Å². The summed E-state index contributed by atoms with van der Waals surface area (Å²) >= 11 is -0.229. The molecule has 0 unspecified atom stereocenters. The molecule has 0 amide bonds. The van der Waals surface area contributed by atoms with E-state index in [1.807, 2.05) is 24.3 Å². The summed E-state index contributed by atoms with van der Waals surface area (Å²) in [6.07, 6.45) is -51.4. The first kappa shape index (κ1) is 53.5. The molecular formula is C40H18BF24IO2. The van der Waals surface area contributed by atoms with Crippen LogP contribution in [0.25, 0.3) is 0 Å². The minimum Gasteiger partial charge on any atom is -0.427 e. The third-order valence-corrected chi connectivity index (χ3v) is 11.9. The standard InChI is InChI=1S/C32H12BF24.C8H6IO2/c34-25(35,36)13-1-14(26(37,38)39)6-21(5-13)33(22-7-15(27(40,41)42)2-16(8-22)28(43,44)45,23-9-17(29(46,47)48)3-18(10-23)30(49,50)51)24-11-19(31(52,53)54)4-20(12-24)32(55,56)57;1-3-7(10-5-1)9-8-4-2-6-11-8/h1-12H;1-6H/q-1;+1. The number of furan rings is 2. The van der Waals surface area contributed by atoms with E-state index >= 15 is 0 Å². The van der Waals surface area contributed by atoms with Crippen molar-refractivity contribution in [1.82, 2.24) is 0 Å². The maximum atomic E-state index is 14.2. The molecule has 0 fully saturated rings. The minimum atomic E-state index is -6.13. The summed E-state index contributed by atoms with van der Waals surface area (Å²) in [6, 6.07) is -1.04. The fourth-order valence-electron chi connectivity index (χ4n) is 6.79. The minimum absolute atomic E-state index is 0.229. The van der Waals surface area contributed by atoms with E-state index in [0.717, 1.165) is 7.53 Å². The highest BCUT2D eigenvalue weighted by atomic mass is 127. The lowest BCUT2D eigenvalue weighted by Gasteiger charge is -2.46. The van der Waals surface area contributed by atoms with Crippen LogP contribution >= 0.6 is 0 Å². The Hall–Kier alpha value is -5.45. The van der Waals surface area contributed by atoms with Gasteiger partial charge in [0.2, 0.25) is 0 Å². The number of hydrogen-bond acceptors (Lipinski definition) is 2. The Morgan fingerprint density at radius 1 is 0.279 bits per heavy atom. The molecule has 0 saturated carbocycles. The zero-order valence-corrected chi connectivity index (χ0v) is 34.4. The van der Waals surface area contributed by atoms with Gasteiger partial charge >= 0.3 is 78.1 Å². The Balaban J connectivity index is 0.000000680. The molecule has 0 atom stereocenters. The van der Waals surface area contributed by atoms with Crippen LogP contribution in [0.3, 0.4) is 0 Å². The zero-order chi connectivity index (χ0) is 51.4. The molecule has 0 aliphatic heterocycles. The summed E-state index contributed by atoms with van der Waals surface area (Å²) in [6.45, 7) is 0. The molecule has 0 aliphatic rings. The second-order valence-corrected chi connectivity index (χ2v) is 16.8. The number of rotatable bonds is 6. The van der Waals surface area contributed by atoms with Crippen molar-refractivity contribution in [3.05, 3.63) is 162 Å². The van der Waals surface area contributed by atoms with Crippen LogP contribution in [-0.4, -0.2) is 6.15 Å². The van der Waals surface area contributed by atoms with Crippen LogP contribution in [-0.2, 0) is 49.4 Å². The van der Waals surface area contributed by atoms with Gasteiger partial charge in [-0.2, -0.15) is 127 Å². The Labute approximate surface area is 373 Å². The molecule has 0 spiro atoms. The summed E-state index contributed by atoms with van der Waals surface area (Å²) < 4.78 is 353. The summed E-state index contributed by atoms with van der Waals surface area (Å²) in [5, 5.41) is 0. The van der Waals surface area contributed by atoms with Crippen LogP contribution in [0, 0.1) is 7.53 Å². The van der Waals surface area contributed by atoms with Crippen LogP contribution in [0.2, 0.25) is 0 Å². The van der Waals surface area contributed by atoms with Crippen molar-refractivity contribution in [2.75, 3.05) is 0 Å². The van der Waals surface area contributed by atoms with Crippen molar-refractivity contribution < 1.29 is 135 Å². The topological polar surface area (TPSA) is 26.3 Å². The van der Waals surface area contributed by atoms with E-state index in [1.54, 1.807) is 12.5 Å². The molecule has 6 rings (SSSR count). The van der Waals surface area contributed by atoms with Crippen LogP contribution in [0.1, 0.15) is 44.5 Å². The van der Waals surface area contributed by atoms with Gasteiger partial charge in [0.15, 0.2) is 0 Å².